The van der Waals surface area contributed by atoms with Gasteiger partial charge in [-0.25, -0.2) is 8.78 Å². The smallest absolute Gasteiger partial charge is 0.272 e. The fourth-order valence-corrected chi connectivity index (χ4v) is 4.02. The highest BCUT2D eigenvalue weighted by Gasteiger charge is 2.17. The second-order valence-electron chi connectivity index (χ2n) is 8.38. The lowest BCUT2D eigenvalue weighted by Crippen LogP contribution is -2.30. The number of ketones is 1. The van der Waals surface area contributed by atoms with Crippen molar-refractivity contribution in [3.63, 3.8) is 0 Å². The zero-order chi connectivity index (χ0) is 28.6. The summed E-state index contributed by atoms with van der Waals surface area (Å²) in [7, 11) is 0. The Kier molecular flexibility index (Phi) is 9.22. The Morgan fingerprint density at radius 1 is 0.675 bits per heavy atom. The summed E-state index contributed by atoms with van der Waals surface area (Å²) < 4.78 is 28.4. The molecule has 9 heteroatoms. The van der Waals surface area contributed by atoms with Crippen LogP contribution in [-0.2, 0) is 4.79 Å². The van der Waals surface area contributed by atoms with E-state index in [1.807, 2.05) is 0 Å². The lowest BCUT2D eigenvalue weighted by atomic mass is 10.1. The zero-order valence-corrected chi connectivity index (χ0v) is 22.1. The van der Waals surface area contributed by atoms with Gasteiger partial charge in [-0.05, 0) is 78.9 Å². The summed E-state index contributed by atoms with van der Waals surface area (Å²) in [6.45, 7) is 0. The Morgan fingerprint density at radius 2 is 1.27 bits per heavy atom. The van der Waals surface area contributed by atoms with Crippen LogP contribution in [0.1, 0.15) is 31.8 Å². The van der Waals surface area contributed by atoms with Gasteiger partial charge in [0, 0.05) is 27.9 Å². The average molecular weight is 577 g/mol. The molecule has 0 saturated heterocycles. The van der Waals surface area contributed by atoms with E-state index in [2.05, 4.69) is 10.6 Å². The van der Waals surface area contributed by atoms with Gasteiger partial charge in [-0.1, -0.05) is 53.5 Å². The molecule has 0 spiro atoms. The summed E-state index contributed by atoms with van der Waals surface area (Å²) in [5.74, 6) is -3.00. The quantitative estimate of drug-likeness (QED) is 0.168. The largest absolute Gasteiger partial charge is 0.321 e. The van der Waals surface area contributed by atoms with Crippen molar-refractivity contribution in [1.29, 1.82) is 0 Å². The number of carbonyl (C=O) groups excluding carboxylic acids is 3. The van der Waals surface area contributed by atoms with Gasteiger partial charge in [-0.15, -0.1) is 0 Å². The first kappa shape index (κ1) is 28.4. The van der Waals surface area contributed by atoms with Crippen LogP contribution in [0.15, 0.2) is 103 Å². The van der Waals surface area contributed by atoms with Gasteiger partial charge in [-0.2, -0.15) is 0 Å². The number of hydrogen-bond donors (Lipinski definition) is 2. The molecule has 0 saturated carbocycles. The normalized spacial score (nSPS) is 11.3. The van der Waals surface area contributed by atoms with E-state index in [0.29, 0.717) is 5.69 Å². The Labute approximate surface area is 238 Å². The molecule has 0 radical (unpaired) electrons. The van der Waals surface area contributed by atoms with Crippen molar-refractivity contribution in [3.8, 4) is 0 Å². The van der Waals surface area contributed by atoms with Crippen molar-refractivity contribution >= 4 is 58.6 Å². The third-order valence-corrected chi connectivity index (χ3v) is 6.30. The predicted octanol–water partition coefficient (Wildman–Crippen LogP) is 7.58. The lowest BCUT2D eigenvalue weighted by molar-refractivity contribution is -0.113. The molecule has 0 aliphatic carbocycles. The first-order chi connectivity index (χ1) is 19.2. The zero-order valence-electron chi connectivity index (χ0n) is 20.6. The number of rotatable bonds is 8. The molecule has 0 aliphatic heterocycles. The van der Waals surface area contributed by atoms with Crippen LogP contribution in [-0.4, -0.2) is 17.6 Å². The van der Waals surface area contributed by atoms with Crippen molar-refractivity contribution in [3.05, 3.63) is 147 Å². The number of anilines is 1. The minimum Gasteiger partial charge on any atom is -0.321 e. The molecule has 2 N–H and O–H groups in total. The Bertz CT molecular complexity index is 1600. The van der Waals surface area contributed by atoms with E-state index in [1.165, 1.54) is 72.8 Å². The van der Waals surface area contributed by atoms with Crippen LogP contribution in [0.2, 0.25) is 10.0 Å². The molecule has 4 aromatic carbocycles. The van der Waals surface area contributed by atoms with Crippen molar-refractivity contribution in [2.24, 2.45) is 0 Å². The molecule has 0 bridgehead atoms. The third kappa shape index (κ3) is 7.08. The number of carbonyl (C=O) groups is 3. The monoisotopic (exact) mass is 576 g/mol. The second kappa shape index (κ2) is 13.0. The van der Waals surface area contributed by atoms with Crippen molar-refractivity contribution < 1.29 is 23.2 Å². The highest BCUT2D eigenvalue weighted by molar-refractivity contribution is 6.32. The molecule has 4 rings (SSSR count). The Hall–Kier alpha value is -4.59. The molecule has 0 heterocycles. The van der Waals surface area contributed by atoms with Crippen molar-refractivity contribution in [1.82, 2.24) is 5.32 Å². The number of amides is 2. The maximum atomic E-state index is 14.5. The van der Waals surface area contributed by atoms with Gasteiger partial charge >= 0.3 is 0 Å². The van der Waals surface area contributed by atoms with Gasteiger partial charge in [0.15, 0.2) is 5.78 Å². The summed E-state index contributed by atoms with van der Waals surface area (Å²) >= 11 is 12.1. The molecular formula is C31H20Cl2F2N2O3. The third-order valence-electron chi connectivity index (χ3n) is 5.65. The molecule has 5 nitrogen and oxygen atoms in total. The summed E-state index contributed by atoms with van der Waals surface area (Å²) in [5, 5.41) is 5.34. The lowest BCUT2D eigenvalue weighted by Gasteiger charge is -2.12. The van der Waals surface area contributed by atoms with Crippen LogP contribution in [0.3, 0.4) is 0 Å². The predicted molar refractivity (Wildman–Crippen MR) is 153 cm³/mol. The first-order valence-corrected chi connectivity index (χ1v) is 12.6. The fourth-order valence-electron chi connectivity index (χ4n) is 3.58. The molecule has 0 atom stereocenters. The van der Waals surface area contributed by atoms with E-state index in [4.69, 9.17) is 23.2 Å². The molecule has 4 aromatic rings. The summed E-state index contributed by atoms with van der Waals surface area (Å²) in [5.41, 5.74) is 0.605. The SMILES string of the molecule is O=C(Nc1ccc(C(=O)/C=C/c2c(F)cccc2Cl)cc1)/C(=C/c1c(F)cccc1Cl)NC(=O)c1ccccc1. The van der Waals surface area contributed by atoms with Crippen LogP contribution in [0.4, 0.5) is 14.5 Å². The first-order valence-electron chi connectivity index (χ1n) is 11.8. The topological polar surface area (TPSA) is 75.3 Å². The maximum absolute atomic E-state index is 14.5. The summed E-state index contributed by atoms with van der Waals surface area (Å²) in [6.07, 6.45) is 3.62. The maximum Gasteiger partial charge on any atom is 0.272 e. The van der Waals surface area contributed by atoms with Crippen molar-refractivity contribution in [2.45, 2.75) is 0 Å². The molecule has 40 heavy (non-hydrogen) atoms. The van der Waals surface area contributed by atoms with Gasteiger partial charge in [0.1, 0.15) is 17.3 Å². The van der Waals surface area contributed by atoms with E-state index in [1.54, 1.807) is 30.3 Å². The highest BCUT2D eigenvalue weighted by atomic mass is 35.5. The van der Waals surface area contributed by atoms with Gasteiger partial charge in [0.25, 0.3) is 11.8 Å². The molecule has 0 fully saturated rings. The average Bonchev–Trinajstić information content (AvgIpc) is 2.94. The molecule has 0 aromatic heterocycles. The number of nitrogens with one attached hydrogen (secondary N) is 2. The number of halogens is 4. The van der Waals surface area contributed by atoms with Gasteiger partial charge in [0.2, 0.25) is 0 Å². The van der Waals surface area contributed by atoms with Gasteiger partial charge in [0.05, 0.1) is 10.0 Å². The van der Waals surface area contributed by atoms with Crippen LogP contribution in [0, 0.1) is 11.6 Å². The molecule has 200 valence electrons. The van der Waals surface area contributed by atoms with Crippen LogP contribution < -0.4 is 10.6 Å². The van der Waals surface area contributed by atoms with Crippen LogP contribution in [0.25, 0.3) is 12.2 Å². The second-order valence-corrected chi connectivity index (χ2v) is 9.19. The Morgan fingerprint density at radius 3 is 1.88 bits per heavy atom. The van der Waals surface area contributed by atoms with Crippen LogP contribution in [0.5, 0.6) is 0 Å². The summed E-state index contributed by atoms with van der Waals surface area (Å²) in [6, 6.07) is 22.3. The van der Waals surface area contributed by atoms with Gasteiger partial charge < -0.3 is 10.6 Å². The van der Waals surface area contributed by atoms with E-state index in [-0.39, 0.29) is 38.0 Å². The van der Waals surface area contributed by atoms with Gasteiger partial charge in [-0.3, -0.25) is 14.4 Å². The van der Waals surface area contributed by atoms with E-state index in [0.717, 1.165) is 6.08 Å². The van der Waals surface area contributed by atoms with Crippen molar-refractivity contribution in [2.75, 3.05) is 5.32 Å². The number of hydrogen-bond acceptors (Lipinski definition) is 3. The highest BCUT2D eigenvalue weighted by Crippen LogP contribution is 2.23. The number of benzene rings is 4. The standard InChI is InChI=1S/C31H20Cl2F2N2O3/c32-24-8-4-10-26(34)22(24)16-17-29(38)19-12-14-21(15-13-19)36-31(40)28(18-23-25(33)9-5-11-27(23)35)37-30(39)20-6-2-1-3-7-20/h1-18H,(H,36,40)(H,37,39)/b17-16+,28-18-. The molecule has 0 aliphatic rings. The molecule has 2 amide bonds. The molecular weight excluding hydrogens is 557 g/mol. The van der Waals surface area contributed by atoms with Crippen LogP contribution >= 0.6 is 23.2 Å². The minimum atomic E-state index is -0.753. The van der Waals surface area contributed by atoms with E-state index >= 15 is 0 Å². The molecule has 0 unspecified atom stereocenters. The van der Waals surface area contributed by atoms with E-state index in [9.17, 15) is 23.2 Å². The van der Waals surface area contributed by atoms with E-state index < -0.39 is 29.2 Å². The number of allylic oxidation sites excluding steroid dienone is 1. The fraction of sp³-hybridized carbons (Fsp3) is 0. The summed E-state index contributed by atoms with van der Waals surface area (Å²) in [4.78, 5) is 38.5. The Balaban J connectivity index is 1.54. The minimum absolute atomic E-state index is 0.0480.